The highest BCUT2D eigenvalue weighted by Crippen LogP contribution is 2.24. The number of rotatable bonds is 17. The number of nitrogens with two attached hydrogens (primary N) is 1. The molecule has 200 valence electrons. The Morgan fingerprint density at radius 3 is 2.29 bits per heavy atom. The molecular formula is C28H49N3O4. The van der Waals surface area contributed by atoms with E-state index in [9.17, 15) is 14.7 Å². The smallest absolute Gasteiger partial charge is 0.255 e. The van der Waals surface area contributed by atoms with Gasteiger partial charge >= 0.3 is 0 Å². The van der Waals surface area contributed by atoms with E-state index >= 15 is 0 Å². The normalized spacial score (nSPS) is 14.9. The molecule has 0 fully saturated rings. The van der Waals surface area contributed by atoms with E-state index in [4.69, 9.17) is 10.5 Å². The molecule has 7 nitrogen and oxygen atoms in total. The van der Waals surface area contributed by atoms with E-state index in [-0.39, 0.29) is 35.5 Å². The monoisotopic (exact) mass is 491 g/mol. The summed E-state index contributed by atoms with van der Waals surface area (Å²) in [6.45, 7) is 13.9. The first-order chi connectivity index (χ1) is 16.6. The van der Waals surface area contributed by atoms with Gasteiger partial charge in [-0.3, -0.25) is 9.59 Å². The Morgan fingerprint density at radius 1 is 1.00 bits per heavy atom. The molecule has 1 aromatic rings. The fourth-order valence-corrected chi connectivity index (χ4v) is 4.05. The van der Waals surface area contributed by atoms with Gasteiger partial charge in [0.05, 0.1) is 18.3 Å². The van der Waals surface area contributed by atoms with E-state index in [2.05, 4.69) is 31.4 Å². The van der Waals surface area contributed by atoms with Crippen molar-refractivity contribution >= 4 is 11.8 Å². The van der Waals surface area contributed by atoms with E-state index in [1.54, 1.807) is 12.1 Å². The summed E-state index contributed by atoms with van der Waals surface area (Å²) in [5, 5.41) is 16.9. The maximum atomic E-state index is 12.9. The quantitative estimate of drug-likeness (QED) is 0.245. The highest BCUT2D eigenvalue weighted by atomic mass is 16.5. The molecule has 0 saturated carbocycles. The van der Waals surface area contributed by atoms with Gasteiger partial charge in [0, 0.05) is 25.0 Å². The number of hydrogen-bond donors (Lipinski definition) is 4. The standard InChI is InChI=1S/C28H49N3O4/c1-7-9-14-30-28(34)23(20(5)6)17-25(32)24(29)16-21(19(3)4)18-31-27(33)22-12-10-11-13-26(22)35-15-8-2/h10-13,19-21,23-25,32H,7-9,14-18,29H2,1-6H3,(H,30,34)(H,31,33). The third kappa shape index (κ3) is 11.0. The summed E-state index contributed by atoms with van der Waals surface area (Å²) in [5.41, 5.74) is 6.92. The van der Waals surface area contributed by atoms with Crippen molar-refractivity contribution in [3.8, 4) is 5.75 Å². The Labute approximate surface area is 212 Å². The largest absolute Gasteiger partial charge is 0.493 e. The Hall–Kier alpha value is -2.12. The Balaban J connectivity index is 2.72. The lowest BCUT2D eigenvalue weighted by Gasteiger charge is -2.30. The molecule has 0 spiro atoms. The van der Waals surface area contributed by atoms with Gasteiger partial charge in [-0.15, -0.1) is 0 Å². The number of unbranched alkanes of at least 4 members (excludes halogenated alkanes) is 1. The van der Waals surface area contributed by atoms with Crippen molar-refractivity contribution < 1.29 is 19.4 Å². The highest BCUT2D eigenvalue weighted by Gasteiger charge is 2.29. The molecule has 1 rings (SSSR count). The minimum absolute atomic E-state index is 0.0173. The van der Waals surface area contributed by atoms with Gasteiger partial charge in [0.15, 0.2) is 0 Å². The SMILES string of the molecule is CCCCNC(=O)C(CC(O)C(N)CC(CNC(=O)c1ccccc1OCCC)C(C)C)C(C)C. The topological polar surface area (TPSA) is 114 Å². The molecule has 0 aromatic heterocycles. The van der Waals surface area contributed by atoms with Crippen LogP contribution in [0.15, 0.2) is 24.3 Å². The van der Waals surface area contributed by atoms with Crippen LogP contribution in [-0.4, -0.2) is 48.8 Å². The summed E-state index contributed by atoms with van der Waals surface area (Å²) in [5.74, 6) is 0.549. The van der Waals surface area contributed by atoms with Crippen LogP contribution in [0, 0.1) is 23.7 Å². The fraction of sp³-hybridized carbons (Fsp3) is 0.714. The predicted octanol–water partition coefficient (Wildman–Crippen LogP) is 4.13. The number of para-hydroxylation sites is 1. The Kier molecular flexibility index (Phi) is 14.6. The number of ether oxygens (including phenoxy) is 1. The number of amides is 2. The molecule has 0 aliphatic heterocycles. The lowest BCUT2D eigenvalue weighted by atomic mass is 9.83. The lowest BCUT2D eigenvalue weighted by molar-refractivity contribution is -0.127. The predicted molar refractivity (Wildman–Crippen MR) is 142 cm³/mol. The molecule has 5 N–H and O–H groups in total. The number of aliphatic hydroxyl groups is 1. The molecule has 2 amide bonds. The van der Waals surface area contributed by atoms with Crippen LogP contribution in [0.25, 0.3) is 0 Å². The van der Waals surface area contributed by atoms with E-state index in [1.807, 2.05) is 32.9 Å². The number of carbonyl (C=O) groups is 2. The van der Waals surface area contributed by atoms with Crippen molar-refractivity contribution in [3.05, 3.63) is 29.8 Å². The summed E-state index contributed by atoms with van der Waals surface area (Å²) in [7, 11) is 0. The van der Waals surface area contributed by atoms with Crippen LogP contribution >= 0.6 is 0 Å². The average molecular weight is 492 g/mol. The molecule has 0 radical (unpaired) electrons. The van der Waals surface area contributed by atoms with Gasteiger partial charge in [-0.2, -0.15) is 0 Å². The van der Waals surface area contributed by atoms with Crippen molar-refractivity contribution in [1.29, 1.82) is 0 Å². The molecule has 7 heteroatoms. The van der Waals surface area contributed by atoms with Crippen LogP contribution in [0.1, 0.15) is 84.0 Å². The molecule has 0 heterocycles. The van der Waals surface area contributed by atoms with Crippen molar-refractivity contribution in [1.82, 2.24) is 10.6 Å². The Bertz CT molecular complexity index is 753. The number of nitrogens with one attached hydrogen (secondary N) is 2. The first-order valence-electron chi connectivity index (χ1n) is 13.3. The van der Waals surface area contributed by atoms with E-state index in [1.165, 1.54) is 0 Å². The van der Waals surface area contributed by atoms with Gasteiger partial charge in [-0.1, -0.05) is 60.1 Å². The summed E-state index contributed by atoms with van der Waals surface area (Å²) >= 11 is 0. The summed E-state index contributed by atoms with van der Waals surface area (Å²) in [6, 6.07) is 6.76. The van der Waals surface area contributed by atoms with Crippen LogP contribution in [0.3, 0.4) is 0 Å². The van der Waals surface area contributed by atoms with Crippen molar-refractivity contribution in [2.45, 2.75) is 85.8 Å². The van der Waals surface area contributed by atoms with Crippen LogP contribution in [0.5, 0.6) is 5.75 Å². The molecular weight excluding hydrogens is 442 g/mol. The minimum Gasteiger partial charge on any atom is -0.493 e. The molecule has 0 aliphatic rings. The van der Waals surface area contributed by atoms with Gasteiger partial charge in [0.2, 0.25) is 5.91 Å². The summed E-state index contributed by atoms with van der Waals surface area (Å²) < 4.78 is 5.72. The zero-order valence-electron chi connectivity index (χ0n) is 22.7. The van der Waals surface area contributed by atoms with Gasteiger partial charge in [-0.05, 0) is 55.6 Å². The maximum absolute atomic E-state index is 12.9. The molecule has 4 atom stereocenters. The highest BCUT2D eigenvalue weighted by molar-refractivity contribution is 5.96. The molecule has 0 saturated heterocycles. The van der Waals surface area contributed by atoms with Crippen molar-refractivity contribution in [3.63, 3.8) is 0 Å². The van der Waals surface area contributed by atoms with E-state index < -0.39 is 12.1 Å². The van der Waals surface area contributed by atoms with E-state index in [0.717, 1.165) is 19.3 Å². The van der Waals surface area contributed by atoms with Crippen LogP contribution in [-0.2, 0) is 4.79 Å². The van der Waals surface area contributed by atoms with Crippen LogP contribution < -0.4 is 21.1 Å². The average Bonchev–Trinajstić information content (AvgIpc) is 2.82. The second-order valence-electron chi connectivity index (χ2n) is 10.3. The van der Waals surface area contributed by atoms with Gasteiger partial charge in [0.1, 0.15) is 5.75 Å². The number of hydrogen-bond acceptors (Lipinski definition) is 5. The number of benzene rings is 1. The maximum Gasteiger partial charge on any atom is 0.255 e. The lowest BCUT2D eigenvalue weighted by Crippen LogP contribution is -2.44. The molecule has 4 unspecified atom stereocenters. The van der Waals surface area contributed by atoms with E-state index in [0.29, 0.717) is 43.9 Å². The zero-order chi connectivity index (χ0) is 26.4. The van der Waals surface area contributed by atoms with Gasteiger partial charge < -0.3 is 26.2 Å². The number of carbonyl (C=O) groups excluding carboxylic acids is 2. The third-order valence-corrected chi connectivity index (χ3v) is 6.60. The van der Waals surface area contributed by atoms with Gasteiger partial charge in [0.25, 0.3) is 5.91 Å². The Morgan fingerprint density at radius 2 is 1.69 bits per heavy atom. The van der Waals surface area contributed by atoms with Crippen molar-refractivity contribution in [2.24, 2.45) is 29.4 Å². The fourth-order valence-electron chi connectivity index (χ4n) is 4.05. The second kappa shape index (κ2) is 16.5. The summed E-state index contributed by atoms with van der Waals surface area (Å²) in [6.07, 6.45) is 2.91. The van der Waals surface area contributed by atoms with Gasteiger partial charge in [-0.25, -0.2) is 0 Å². The molecule has 35 heavy (non-hydrogen) atoms. The first kappa shape index (κ1) is 30.9. The first-order valence-corrected chi connectivity index (χ1v) is 13.3. The second-order valence-corrected chi connectivity index (χ2v) is 10.3. The molecule has 0 aliphatic carbocycles. The molecule has 0 bridgehead atoms. The zero-order valence-corrected chi connectivity index (χ0v) is 22.7. The minimum atomic E-state index is -0.792. The van der Waals surface area contributed by atoms with Crippen LogP contribution in [0.2, 0.25) is 0 Å². The molecule has 1 aromatic carbocycles. The third-order valence-electron chi connectivity index (χ3n) is 6.60. The van der Waals surface area contributed by atoms with Crippen LogP contribution in [0.4, 0.5) is 0 Å². The van der Waals surface area contributed by atoms with Crippen molar-refractivity contribution in [2.75, 3.05) is 19.7 Å². The number of aliphatic hydroxyl groups excluding tert-OH is 1. The summed E-state index contributed by atoms with van der Waals surface area (Å²) in [4.78, 5) is 25.5.